The molecule has 0 aliphatic heterocycles. The molecule has 9 heteroatoms. The molecule has 0 radical (unpaired) electrons. The molecule has 0 saturated heterocycles. The van der Waals surface area contributed by atoms with E-state index >= 15 is 0 Å². The number of hydrogen-bond donors (Lipinski definition) is 2. The maximum atomic E-state index is 14.7. The van der Waals surface area contributed by atoms with Crippen molar-refractivity contribution in [2.45, 2.75) is 77.7 Å². The van der Waals surface area contributed by atoms with Crippen molar-refractivity contribution in [2.75, 3.05) is 16.0 Å². The Kier molecular flexibility index (Phi) is 14.2. The summed E-state index contributed by atoms with van der Waals surface area (Å²) in [5.74, 6) is -1.15. The van der Waals surface area contributed by atoms with Gasteiger partial charge in [0, 0.05) is 23.3 Å². The Hall–Kier alpha value is -5.51. The van der Waals surface area contributed by atoms with Crippen LogP contribution in [-0.2, 0) is 19.1 Å². The van der Waals surface area contributed by atoms with Crippen LogP contribution in [0.5, 0.6) is 0 Å². The lowest BCUT2D eigenvalue weighted by Gasteiger charge is -2.36. The minimum absolute atomic E-state index is 0.0406. The molecule has 0 aliphatic rings. The number of ketones is 1. The van der Waals surface area contributed by atoms with Crippen LogP contribution in [0.4, 0.5) is 16.2 Å². The van der Waals surface area contributed by atoms with Gasteiger partial charge in [-0.2, -0.15) is 0 Å². The van der Waals surface area contributed by atoms with E-state index < -0.39 is 34.2 Å². The molecule has 302 valence electrons. The predicted molar refractivity (Wildman–Crippen MR) is 236 cm³/mol. The summed E-state index contributed by atoms with van der Waals surface area (Å²) in [6.45, 7) is 13.5. The van der Waals surface area contributed by atoms with Crippen LogP contribution in [0.15, 0.2) is 140 Å². The van der Waals surface area contributed by atoms with Gasteiger partial charge in [-0.15, -0.1) is 11.8 Å². The smallest absolute Gasteiger partial charge is 0.421 e. The Morgan fingerprint density at radius 1 is 0.707 bits per heavy atom. The highest BCUT2D eigenvalue weighted by molar-refractivity contribution is 8.00. The molecule has 0 spiro atoms. The maximum Gasteiger partial charge on any atom is 0.421 e. The Labute approximate surface area is 347 Å². The first-order valence-electron chi connectivity index (χ1n) is 19.7. The molecular weight excluding hydrogens is 743 g/mol. The third kappa shape index (κ3) is 11.1. The van der Waals surface area contributed by atoms with E-state index in [1.807, 2.05) is 61.5 Å². The van der Waals surface area contributed by atoms with Gasteiger partial charge in [0.15, 0.2) is 5.78 Å². The second-order valence-electron chi connectivity index (χ2n) is 16.9. The molecule has 0 saturated carbocycles. The molecule has 0 heterocycles. The molecular formula is C49H55N3O5S. The lowest BCUT2D eigenvalue weighted by molar-refractivity contribution is -0.119. The predicted octanol–water partition coefficient (Wildman–Crippen LogP) is 10.6. The van der Waals surface area contributed by atoms with Crippen LogP contribution in [0.3, 0.4) is 0 Å². The average molecular weight is 798 g/mol. The Morgan fingerprint density at radius 3 is 1.66 bits per heavy atom. The number of anilines is 2. The van der Waals surface area contributed by atoms with E-state index in [4.69, 9.17) is 10.5 Å². The van der Waals surface area contributed by atoms with Crippen molar-refractivity contribution in [3.05, 3.63) is 167 Å². The van der Waals surface area contributed by atoms with Crippen LogP contribution in [0.1, 0.15) is 93.9 Å². The van der Waals surface area contributed by atoms with E-state index in [1.165, 1.54) is 23.9 Å². The van der Waals surface area contributed by atoms with Crippen molar-refractivity contribution in [3.8, 4) is 0 Å². The van der Waals surface area contributed by atoms with Crippen LogP contribution >= 0.6 is 11.8 Å². The van der Waals surface area contributed by atoms with Gasteiger partial charge in [-0.1, -0.05) is 149 Å². The number of carbonyl (C=O) groups is 4. The highest BCUT2D eigenvalue weighted by atomic mass is 32.2. The van der Waals surface area contributed by atoms with Crippen molar-refractivity contribution in [3.63, 3.8) is 0 Å². The van der Waals surface area contributed by atoms with Gasteiger partial charge in [-0.05, 0) is 73.4 Å². The molecule has 5 aromatic carbocycles. The zero-order valence-electron chi connectivity index (χ0n) is 34.5. The van der Waals surface area contributed by atoms with E-state index in [0.29, 0.717) is 5.56 Å². The molecule has 3 N–H and O–H groups in total. The standard InChI is InChI=1S/C49H55N3O5S/c1-34(32-47(2,3)4)30-43(53)51-42-29-28-39(31-40(42)44(54)35-20-12-8-13-21-35)52(46(56)57-48(5,6)7)45(55)41(50)33-58-49(36-22-14-9-15-23-36,37-24-16-10-17-25-37)38-26-18-11-19-27-38/h8-29,31,34,41H,30,32-33,50H2,1-7H3,(H,51,53). The van der Waals surface area contributed by atoms with Gasteiger partial charge in [-0.25, -0.2) is 9.69 Å². The number of nitrogens with two attached hydrogens (primary N) is 1. The van der Waals surface area contributed by atoms with Gasteiger partial charge < -0.3 is 15.8 Å². The van der Waals surface area contributed by atoms with Crippen molar-refractivity contribution >= 4 is 46.8 Å². The van der Waals surface area contributed by atoms with Crippen molar-refractivity contribution in [1.82, 2.24) is 0 Å². The number of nitrogens with zero attached hydrogens (tertiary/aromatic N) is 1. The fraction of sp³-hybridized carbons (Fsp3) is 0.306. The number of rotatable bonds is 14. The van der Waals surface area contributed by atoms with Gasteiger partial charge in [0.25, 0.3) is 5.91 Å². The summed E-state index contributed by atoms with van der Waals surface area (Å²) in [6.07, 6.45) is 0.150. The highest BCUT2D eigenvalue weighted by Gasteiger charge is 2.40. The van der Waals surface area contributed by atoms with Crippen molar-refractivity contribution < 1.29 is 23.9 Å². The van der Waals surface area contributed by atoms with E-state index in [-0.39, 0.29) is 46.4 Å². The summed E-state index contributed by atoms with van der Waals surface area (Å²) < 4.78 is 5.03. The number of carbonyl (C=O) groups excluding carboxylic acids is 4. The Morgan fingerprint density at radius 2 is 1.19 bits per heavy atom. The van der Waals surface area contributed by atoms with E-state index in [9.17, 15) is 19.2 Å². The quantitative estimate of drug-likeness (QED) is 0.0848. The lowest BCUT2D eigenvalue weighted by Crippen LogP contribution is -2.50. The average Bonchev–Trinajstić information content (AvgIpc) is 3.18. The largest absolute Gasteiger partial charge is 0.443 e. The zero-order chi connectivity index (χ0) is 42.1. The van der Waals surface area contributed by atoms with Crippen LogP contribution < -0.4 is 16.0 Å². The normalized spacial score (nSPS) is 12.9. The second kappa shape index (κ2) is 18.8. The summed E-state index contributed by atoms with van der Waals surface area (Å²) >= 11 is 1.50. The first-order valence-corrected chi connectivity index (χ1v) is 20.6. The first-order chi connectivity index (χ1) is 27.5. The minimum atomic E-state index is -1.19. The number of nitrogens with one attached hydrogen (secondary N) is 1. The SMILES string of the molecule is CC(CC(=O)Nc1ccc(N(C(=O)OC(C)(C)C)C(=O)C(N)CSC(c2ccccc2)(c2ccccc2)c2ccccc2)cc1C(=O)c1ccccc1)CC(C)(C)C. The van der Waals surface area contributed by atoms with Gasteiger partial charge in [-0.3, -0.25) is 14.4 Å². The van der Waals surface area contributed by atoms with Crippen LogP contribution in [0, 0.1) is 11.3 Å². The molecule has 2 atom stereocenters. The van der Waals surface area contributed by atoms with Crippen LogP contribution in [-0.4, -0.2) is 41.1 Å². The lowest BCUT2D eigenvalue weighted by atomic mass is 9.84. The number of benzene rings is 5. The van der Waals surface area contributed by atoms with E-state index in [0.717, 1.165) is 28.0 Å². The topological polar surface area (TPSA) is 119 Å². The van der Waals surface area contributed by atoms with Crippen LogP contribution in [0.25, 0.3) is 0 Å². The highest BCUT2D eigenvalue weighted by Crippen LogP contribution is 2.48. The molecule has 5 aromatic rings. The number of hydrogen-bond acceptors (Lipinski definition) is 7. The third-order valence-electron chi connectivity index (χ3n) is 9.44. The molecule has 0 bridgehead atoms. The zero-order valence-corrected chi connectivity index (χ0v) is 35.3. The second-order valence-corrected chi connectivity index (χ2v) is 18.1. The monoisotopic (exact) mass is 797 g/mol. The number of amides is 3. The minimum Gasteiger partial charge on any atom is -0.443 e. The van der Waals surface area contributed by atoms with Crippen molar-refractivity contribution in [1.29, 1.82) is 0 Å². The number of ether oxygens (including phenoxy) is 1. The Bertz CT molecular complexity index is 2070. The molecule has 5 rings (SSSR count). The maximum absolute atomic E-state index is 14.7. The van der Waals surface area contributed by atoms with Gasteiger partial charge in [0.05, 0.1) is 22.2 Å². The number of thioether (sulfide) groups is 1. The summed E-state index contributed by atoms with van der Waals surface area (Å²) in [6, 6.07) is 42.1. The fourth-order valence-electron chi connectivity index (χ4n) is 7.20. The molecule has 3 amide bonds. The summed E-state index contributed by atoms with van der Waals surface area (Å²) in [4.78, 5) is 57.2. The number of imide groups is 1. The van der Waals surface area contributed by atoms with Gasteiger partial charge in [0.2, 0.25) is 5.91 Å². The molecule has 0 fully saturated rings. The summed E-state index contributed by atoms with van der Waals surface area (Å²) in [5, 5.41) is 2.94. The fourth-order valence-corrected chi connectivity index (χ4v) is 8.68. The first kappa shape index (κ1) is 43.6. The van der Waals surface area contributed by atoms with Crippen LogP contribution in [0.2, 0.25) is 0 Å². The molecule has 0 aliphatic carbocycles. The Balaban J connectivity index is 1.55. The molecule has 58 heavy (non-hydrogen) atoms. The third-order valence-corrected chi connectivity index (χ3v) is 11.1. The summed E-state index contributed by atoms with van der Waals surface area (Å²) in [5.41, 5.74) is 9.73. The van der Waals surface area contributed by atoms with E-state index in [1.54, 1.807) is 57.2 Å². The summed E-state index contributed by atoms with van der Waals surface area (Å²) in [7, 11) is 0. The van der Waals surface area contributed by atoms with Crippen molar-refractivity contribution in [2.24, 2.45) is 17.1 Å². The molecule has 2 unspecified atom stereocenters. The van der Waals surface area contributed by atoms with Gasteiger partial charge >= 0.3 is 6.09 Å². The molecule has 8 nitrogen and oxygen atoms in total. The van der Waals surface area contributed by atoms with E-state index in [2.05, 4.69) is 62.5 Å². The van der Waals surface area contributed by atoms with Gasteiger partial charge in [0.1, 0.15) is 5.60 Å². The molecule has 0 aromatic heterocycles.